The second-order valence-electron chi connectivity index (χ2n) is 8.88. The Kier molecular flexibility index (Phi) is 6.13. The van der Waals surface area contributed by atoms with Crippen LogP contribution in [0.4, 0.5) is 5.69 Å². The van der Waals surface area contributed by atoms with Gasteiger partial charge in [-0.05, 0) is 82.0 Å². The maximum atomic E-state index is 13.3. The number of carbonyl (C=O) groups is 3. The number of fused-ring (bicyclic) bond motifs is 3. The van der Waals surface area contributed by atoms with Crippen LogP contribution in [0.5, 0.6) is 5.75 Å². The lowest BCUT2D eigenvalue weighted by atomic mass is 9.96. The number of rotatable bonds is 3. The molecule has 0 bridgehead atoms. The molecule has 1 aromatic heterocycles. The average molecular weight is 577 g/mol. The summed E-state index contributed by atoms with van der Waals surface area (Å²) in [5.41, 5.74) is 4.93. The van der Waals surface area contributed by atoms with Crippen molar-refractivity contribution in [2.24, 2.45) is 0 Å². The standard InChI is InChI=1S/C27H21BrN4O4S/c28-27-31-21-5-3-17(12-23(21)37-27)26(35)32-9-7-15-1-2-16(11-18(15)14-32)24(33)30-19-4-6-22-20(13-19)25(34)29-8-10-36-22/h1-6,11-13H,7-10,14H2,(H,29,34)(H,30,33). The molecule has 3 aromatic carbocycles. The van der Waals surface area contributed by atoms with E-state index >= 15 is 0 Å². The third kappa shape index (κ3) is 4.70. The van der Waals surface area contributed by atoms with Gasteiger partial charge in [-0.3, -0.25) is 14.4 Å². The first-order valence-corrected chi connectivity index (χ1v) is 13.4. The lowest BCUT2D eigenvalue weighted by Gasteiger charge is -2.29. The van der Waals surface area contributed by atoms with Crippen molar-refractivity contribution in [3.05, 3.63) is 86.3 Å². The second kappa shape index (κ2) is 9.60. The number of nitrogens with one attached hydrogen (secondary N) is 2. The molecule has 8 nitrogen and oxygen atoms in total. The van der Waals surface area contributed by atoms with E-state index in [9.17, 15) is 14.4 Å². The molecular formula is C27H21BrN4O4S. The van der Waals surface area contributed by atoms with Gasteiger partial charge in [-0.2, -0.15) is 0 Å². The van der Waals surface area contributed by atoms with E-state index < -0.39 is 0 Å². The van der Waals surface area contributed by atoms with Gasteiger partial charge < -0.3 is 20.3 Å². The fourth-order valence-corrected chi connectivity index (χ4v) is 6.06. The number of ether oxygens (including phenoxy) is 1. The summed E-state index contributed by atoms with van der Waals surface area (Å²) in [4.78, 5) is 44.8. The summed E-state index contributed by atoms with van der Waals surface area (Å²) in [7, 11) is 0. The highest BCUT2D eigenvalue weighted by Gasteiger charge is 2.24. The number of carbonyl (C=O) groups excluding carboxylic acids is 3. The molecule has 3 amide bonds. The third-order valence-electron chi connectivity index (χ3n) is 6.50. The summed E-state index contributed by atoms with van der Waals surface area (Å²) in [5.74, 6) is -0.0716. The van der Waals surface area contributed by atoms with Crippen LogP contribution >= 0.6 is 27.3 Å². The molecule has 37 heavy (non-hydrogen) atoms. The molecule has 0 fully saturated rings. The van der Waals surface area contributed by atoms with Gasteiger partial charge in [0.1, 0.15) is 12.4 Å². The smallest absolute Gasteiger partial charge is 0.255 e. The summed E-state index contributed by atoms with van der Waals surface area (Å²) in [6.45, 7) is 1.87. The van der Waals surface area contributed by atoms with E-state index in [-0.39, 0.29) is 17.7 Å². The fourth-order valence-electron chi connectivity index (χ4n) is 4.62. The number of nitrogens with zero attached hydrogens (tertiary/aromatic N) is 2. The number of hydrogen-bond donors (Lipinski definition) is 2. The molecular weight excluding hydrogens is 556 g/mol. The van der Waals surface area contributed by atoms with Crippen LogP contribution in [0.1, 0.15) is 42.2 Å². The highest BCUT2D eigenvalue weighted by Crippen LogP contribution is 2.29. The normalized spacial score (nSPS) is 14.7. The Morgan fingerprint density at radius 2 is 1.92 bits per heavy atom. The zero-order valence-electron chi connectivity index (χ0n) is 19.5. The van der Waals surface area contributed by atoms with E-state index in [0.717, 1.165) is 31.7 Å². The molecule has 0 radical (unpaired) electrons. The van der Waals surface area contributed by atoms with Crippen LogP contribution in [0.2, 0.25) is 0 Å². The Hall–Kier alpha value is -3.76. The Morgan fingerprint density at radius 3 is 2.81 bits per heavy atom. The van der Waals surface area contributed by atoms with Crippen LogP contribution in [0.3, 0.4) is 0 Å². The number of aromatic nitrogens is 1. The van der Waals surface area contributed by atoms with Gasteiger partial charge >= 0.3 is 0 Å². The number of hydrogen-bond acceptors (Lipinski definition) is 6. The van der Waals surface area contributed by atoms with Crippen molar-refractivity contribution in [2.45, 2.75) is 13.0 Å². The summed E-state index contributed by atoms with van der Waals surface area (Å²) < 4.78 is 7.32. The SMILES string of the molecule is O=C(Nc1ccc2c(c1)C(=O)NCCO2)c1ccc2c(c1)CN(C(=O)c1ccc3nc(Br)sc3c1)CC2. The Morgan fingerprint density at radius 1 is 1.05 bits per heavy atom. The molecule has 4 aromatic rings. The quantitative estimate of drug-likeness (QED) is 0.370. The lowest BCUT2D eigenvalue weighted by molar-refractivity contribution is 0.0734. The Bertz CT molecular complexity index is 1580. The Labute approximate surface area is 224 Å². The maximum absolute atomic E-state index is 13.3. The second-order valence-corrected chi connectivity index (χ2v) is 11.2. The van der Waals surface area contributed by atoms with E-state index in [4.69, 9.17) is 4.74 Å². The van der Waals surface area contributed by atoms with Gasteiger partial charge in [0.05, 0.1) is 22.3 Å². The number of anilines is 1. The van der Waals surface area contributed by atoms with Crippen molar-refractivity contribution < 1.29 is 19.1 Å². The first-order valence-electron chi connectivity index (χ1n) is 11.8. The van der Waals surface area contributed by atoms with Gasteiger partial charge in [-0.15, -0.1) is 11.3 Å². The molecule has 0 spiro atoms. The molecule has 2 aliphatic heterocycles. The van der Waals surface area contributed by atoms with Crippen molar-refractivity contribution in [1.82, 2.24) is 15.2 Å². The van der Waals surface area contributed by atoms with E-state index in [1.165, 1.54) is 11.3 Å². The van der Waals surface area contributed by atoms with Gasteiger partial charge in [0.15, 0.2) is 3.92 Å². The summed E-state index contributed by atoms with van der Waals surface area (Å²) in [5, 5.41) is 5.64. The van der Waals surface area contributed by atoms with Crippen molar-refractivity contribution in [3.63, 3.8) is 0 Å². The van der Waals surface area contributed by atoms with Gasteiger partial charge in [-0.25, -0.2) is 4.98 Å². The Balaban J connectivity index is 1.19. The summed E-state index contributed by atoms with van der Waals surface area (Å²) in [6.07, 6.45) is 0.720. The topological polar surface area (TPSA) is 101 Å². The largest absolute Gasteiger partial charge is 0.491 e. The van der Waals surface area contributed by atoms with E-state index in [1.54, 1.807) is 24.3 Å². The van der Waals surface area contributed by atoms with Gasteiger partial charge in [0.25, 0.3) is 17.7 Å². The maximum Gasteiger partial charge on any atom is 0.255 e. The predicted octanol–water partition coefficient (Wildman–Crippen LogP) is 4.63. The zero-order valence-corrected chi connectivity index (χ0v) is 21.9. The van der Waals surface area contributed by atoms with Crippen molar-refractivity contribution in [1.29, 1.82) is 0 Å². The average Bonchev–Trinajstić information content (AvgIpc) is 3.19. The lowest BCUT2D eigenvalue weighted by Crippen LogP contribution is -2.36. The van der Waals surface area contributed by atoms with Crippen molar-refractivity contribution in [2.75, 3.05) is 25.0 Å². The molecule has 0 aliphatic carbocycles. The van der Waals surface area contributed by atoms with Gasteiger partial charge in [-0.1, -0.05) is 6.07 Å². The molecule has 0 atom stereocenters. The molecule has 3 heterocycles. The molecule has 10 heteroatoms. The minimum absolute atomic E-state index is 0.0441. The first-order chi connectivity index (χ1) is 17.9. The monoisotopic (exact) mass is 576 g/mol. The first kappa shape index (κ1) is 23.6. The van der Waals surface area contributed by atoms with E-state index in [0.29, 0.717) is 54.4 Å². The zero-order chi connectivity index (χ0) is 25.5. The van der Waals surface area contributed by atoms with Crippen molar-refractivity contribution >= 4 is 60.9 Å². The third-order valence-corrected chi connectivity index (χ3v) is 7.97. The van der Waals surface area contributed by atoms with Crippen molar-refractivity contribution in [3.8, 4) is 5.75 Å². The molecule has 186 valence electrons. The molecule has 0 unspecified atom stereocenters. The molecule has 2 aliphatic rings. The number of thiazole rings is 1. The van der Waals surface area contributed by atoms with Gasteiger partial charge in [0.2, 0.25) is 0 Å². The van der Waals surface area contributed by atoms with Crippen LogP contribution < -0.4 is 15.4 Å². The van der Waals surface area contributed by atoms with Crippen LogP contribution in [-0.2, 0) is 13.0 Å². The minimum atomic E-state index is -0.289. The highest BCUT2D eigenvalue weighted by molar-refractivity contribution is 9.11. The summed E-state index contributed by atoms with van der Waals surface area (Å²) >= 11 is 4.89. The molecule has 0 saturated carbocycles. The number of amides is 3. The van der Waals surface area contributed by atoms with Gasteiger partial charge in [0, 0.05) is 29.9 Å². The van der Waals surface area contributed by atoms with E-state index in [2.05, 4.69) is 31.5 Å². The highest BCUT2D eigenvalue weighted by atomic mass is 79.9. The van der Waals surface area contributed by atoms with E-state index in [1.807, 2.05) is 35.2 Å². The van der Waals surface area contributed by atoms with Crippen LogP contribution in [-0.4, -0.2) is 47.3 Å². The molecule has 0 saturated heterocycles. The molecule has 2 N–H and O–H groups in total. The van der Waals surface area contributed by atoms with Crippen LogP contribution in [0.25, 0.3) is 10.2 Å². The number of benzene rings is 3. The fraction of sp³-hybridized carbons (Fsp3) is 0.185. The number of halogens is 1. The molecule has 6 rings (SSSR count). The minimum Gasteiger partial charge on any atom is -0.491 e. The van der Waals surface area contributed by atoms with Crippen LogP contribution in [0, 0.1) is 0 Å². The van der Waals surface area contributed by atoms with Crippen LogP contribution in [0.15, 0.2) is 58.5 Å². The predicted molar refractivity (Wildman–Crippen MR) is 144 cm³/mol. The summed E-state index contributed by atoms with van der Waals surface area (Å²) in [6, 6.07) is 16.2.